The minimum absolute atomic E-state index is 0.148. The molecule has 2 nitrogen and oxygen atoms in total. The molecule has 1 saturated heterocycles. The van der Waals surface area contributed by atoms with E-state index in [0.29, 0.717) is 5.56 Å². The first kappa shape index (κ1) is 10.5. The van der Waals surface area contributed by atoms with Crippen LogP contribution in [0.2, 0.25) is 0 Å². The fraction of sp³-hybridized carbons (Fsp3) is 0.455. The third kappa shape index (κ3) is 2.73. The quantitative estimate of drug-likeness (QED) is 0.827. The van der Waals surface area contributed by atoms with Crippen molar-refractivity contribution in [3.8, 4) is 0 Å². The molecule has 0 bridgehead atoms. The summed E-state index contributed by atoms with van der Waals surface area (Å²) in [6, 6.07) is 3.55. The lowest BCUT2D eigenvalue weighted by atomic mass is 10.2. The monoisotopic (exact) mass is 213 g/mol. The molecule has 1 aromatic carbocycles. The Morgan fingerprint density at radius 3 is 2.93 bits per heavy atom. The molecule has 1 atom stereocenters. The van der Waals surface area contributed by atoms with Crippen molar-refractivity contribution in [2.45, 2.75) is 19.1 Å². The Morgan fingerprint density at radius 2 is 2.27 bits per heavy atom. The predicted octanol–water partition coefficient (Wildman–Crippen LogP) is 1.84. The Balaban J connectivity index is 1.92. The standard InChI is InChI=1S/C11H13F2NO/c12-9-2-1-8(11(13)5-9)7-15-10-3-4-14-6-10/h1-2,5,10,14H,3-4,6-7H2/t10-/m0/s1. The normalized spacial score (nSPS) is 20.8. The van der Waals surface area contributed by atoms with Gasteiger partial charge in [-0.2, -0.15) is 0 Å². The van der Waals surface area contributed by atoms with Gasteiger partial charge in [0.1, 0.15) is 11.6 Å². The Kier molecular flexibility index (Phi) is 3.28. The van der Waals surface area contributed by atoms with Crippen LogP contribution < -0.4 is 5.32 Å². The molecule has 1 aromatic rings. The van der Waals surface area contributed by atoms with E-state index in [-0.39, 0.29) is 12.7 Å². The van der Waals surface area contributed by atoms with Gasteiger partial charge in [0.2, 0.25) is 0 Å². The van der Waals surface area contributed by atoms with Gasteiger partial charge < -0.3 is 10.1 Å². The summed E-state index contributed by atoms with van der Waals surface area (Å²) >= 11 is 0. The van der Waals surface area contributed by atoms with Crippen LogP contribution in [-0.4, -0.2) is 19.2 Å². The molecule has 0 amide bonds. The molecular weight excluding hydrogens is 200 g/mol. The second-order valence-electron chi connectivity index (χ2n) is 3.66. The van der Waals surface area contributed by atoms with E-state index < -0.39 is 11.6 Å². The van der Waals surface area contributed by atoms with Gasteiger partial charge in [0, 0.05) is 18.2 Å². The maximum atomic E-state index is 13.2. The first-order valence-electron chi connectivity index (χ1n) is 5.02. The summed E-state index contributed by atoms with van der Waals surface area (Å²) in [6.45, 7) is 1.96. The van der Waals surface area contributed by atoms with Crippen LogP contribution in [0.5, 0.6) is 0 Å². The molecule has 1 aliphatic rings. The van der Waals surface area contributed by atoms with Crippen LogP contribution in [0.4, 0.5) is 8.78 Å². The van der Waals surface area contributed by atoms with Crippen molar-refractivity contribution >= 4 is 0 Å². The molecular formula is C11H13F2NO. The molecule has 0 unspecified atom stereocenters. The summed E-state index contributed by atoms with van der Waals surface area (Å²) < 4.78 is 31.3. The van der Waals surface area contributed by atoms with E-state index in [0.717, 1.165) is 25.6 Å². The molecule has 0 saturated carbocycles. The fourth-order valence-corrected chi connectivity index (χ4v) is 1.62. The van der Waals surface area contributed by atoms with Gasteiger partial charge in [-0.15, -0.1) is 0 Å². The van der Waals surface area contributed by atoms with E-state index in [1.54, 1.807) is 0 Å². The van der Waals surface area contributed by atoms with Crippen LogP contribution in [0.15, 0.2) is 18.2 Å². The lowest BCUT2D eigenvalue weighted by Gasteiger charge is -2.10. The van der Waals surface area contributed by atoms with Crippen molar-refractivity contribution in [2.75, 3.05) is 13.1 Å². The van der Waals surface area contributed by atoms with E-state index in [1.807, 2.05) is 0 Å². The van der Waals surface area contributed by atoms with E-state index in [1.165, 1.54) is 12.1 Å². The molecule has 0 radical (unpaired) electrons. The minimum Gasteiger partial charge on any atom is -0.372 e. The zero-order chi connectivity index (χ0) is 10.7. The zero-order valence-corrected chi connectivity index (χ0v) is 8.30. The zero-order valence-electron chi connectivity index (χ0n) is 8.30. The Hall–Kier alpha value is -1.00. The van der Waals surface area contributed by atoms with Gasteiger partial charge in [0.15, 0.2) is 0 Å². The second kappa shape index (κ2) is 4.68. The van der Waals surface area contributed by atoms with Crippen LogP contribution in [0.3, 0.4) is 0 Å². The maximum Gasteiger partial charge on any atom is 0.131 e. The van der Waals surface area contributed by atoms with Gasteiger partial charge in [-0.1, -0.05) is 6.07 Å². The summed E-state index contributed by atoms with van der Waals surface area (Å²) in [5.74, 6) is -1.10. The van der Waals surface area contributed by atoms with Gasteiger partial charge in [0.25, 0.3) is 0 Å². The van der Waals surface area contributed by atoms with E-state index in [4.69, 9.17) is 4.74 Å². The highest BCUT2D eigenvalue weighted by atomic mass is 19.1. The molecule has 4 heteroatoms. The van der Waals surface area contributed by atoms with Gasteiger partial charge in [-0.3, -0.25) is 0 Å². The lowest BCUT2D eigenvalue weighted by Crippen LogP contribution is -2.16. The molecule has 2 rings (SSSR count). The fourth-order valence-electron chi connectivity index (χ4n) is 1.62. The number of hydrogen-bond acceptors (Lipinski definition) is 2. The number of halogens is 2. The summed E-state index contributed by atoms with van der Waals surface area (Å²) in [5, 5.41) is 3.15. The summed E-state index contributed by atoms with van der Waals surface area (Å²) in [5.41, 5.74) is 0.406. The van der Waals surface area contributed by atoms with Crippen molar-refractivity contribution in [3.05, 3.63) is 35.4 Å². The summed E-state index contributed by atoms with van der Waals surface area (Å²) in [7, 11) is 0. The van der Waals surface area contributed by atoms with Crippen molar-refractivity contribution in [2.24, 2.45) is 0 Å². The Labute approximate surface area is 87.2 Å². The first-order valence-corrected chi connectivity index (χ1v) is 5.02. The van der Waals surface area contributed by atoms with Gasteiger partial charge >= 0.3 is 0 Å². The molecule has 1 N–H and O–H groups in total. The van der Waals surface area contributed by atoms with E-state index in [9.17, 15) is 8.78 Å². The molecule has 0 spiro atoms. The van der Waals surface area contributed by atoms with Crippen molar-refractivity contribution in [3.63, 3.8) is 0 Å². The largest absolute Gasteiger partial charge is 0.372 e. The third-order valence-electron chi connectivity index (χ3n) is 2.50. The highest BCUT2D eigenvalue weighted by Gasteiger charge is 2.15. The minimum atomic E-state index is -0.557. The predicted molar refractivity (Wildman–Crippen MR) is 52.4 cm³/mol. The highest BCUT2D eigenvalue weighted by molar-refractivity contribution is 5.17. The number of rotatable bonds is 3. The van der Waals surface area contributed by atoms with Crippen molar-refractivity contribution in [1.82, 2.24) is 5.32 Å². The molecule has 1 aliphatic heterocycles. The number of hydrogen-bond donors (Lipinski definition) is 1. The van der Waals surface area contributed by atoms with Gasteiger partial charge in [-0.05, 0) is 19.0 Å². The topological polar surface area (TPSA) is 21.3 Å². The van der Waals surface area contributed by atoms with E-state index in [2.05, 4.69) is 5.32 Å². The van der Waals surface area contributed by atoms with Gasteiger partial charge in [-0.25, -0.2) is 8.78 Å². The van der Waals surface area contributed by atoms with Crippen LogP contribution in [-0.2, 0) is 11.3 Å². The summed E-state index contributed by atoms with van der Waals surface area (Å²) in [6.07, 6.45) is 1.09. The van der Waals surface area contributed by atoms with Crippen LogP contribution in [0, 0.1) is 11.6 Å². The summed E-state index contributed by atoms with van der Waals surface area (Å²) in [4.78, 5) is 0. The second-order valence-corrected chi connectivity index (χ2v) is 3.66. The number of benzene rings is 1. The average molecular weight is 213 g/mol. The number of nitrogens with one attached hydrogen (secondary N) is 1. The van der Waals surface area contributed by atoms with E-state index >= 15 is 0 Å². The molecule has 1 fully saturated rings. The van der Waals surface area contributed by atoms with Gasteiger partial charge in [0.05, 0.1) is 12.7 Å². The van der Waals surface area contributed by atoms with Crippen molar-refractivity contribution in [1.29, 1.82) is 0 Å². The van der Waals surface area contributed by atoms with Crippen molar-refractivity contribution < 1.29 is 13.5 Å². The molecule has 0 aromatic heterocycles. The SMILES string of the molecule is Fc1ccc(CO[C@H]2CCNC2)c(F)c1. The average Bonchev–Trinajstić information content (AvgIpc) is 2.69. The Bertz CT molecular complexity index is 337. The Morgan fingerprint density at radius 1 is 1.40 bits per heavy atom. The molecule has 82 valence electrons. The smallest absolute Gasteiger partial charge is 0.131 e. The van der Waals surface area contributed by atoms with Crippen LogP contribution >= 0.6 is 0 Å². The molecule has 0 aliphatic carbocycles. The van der Waals surface area contributed by atoms with Crippen LogP contribution in [0.25, 0.3) is 0 Å². The first-order chi connectivity index (χ1) is 7.25. The van der Waals surface area contributed by atoms with Crippen LogP contribution in [0.1, 0.15) is 12.0 Å². The molecule has 15 heavy (non-hydrogen) atoms. The highest BCUT2D eigenvalue weighted by Crippen LogP contribution is 2.13. The molecule has 1 heterocycles. The third-order valence-corrected chi connectivity index (χ3v) is 2.50. The maximum absolute atomic E-state index is 13.2. The number of ether oxygens (including phenoxy) is 1. The lowest BCUT2D eigenvalue weighted by molar-refractivity contribution is 0.0525.